The van der Waals surface area contributed by atoms with Crippen LogP contribution in [0.3, 0.4) is 0 Å². The summed E-state index contributed by atoms with van der Waals surface area (Å²) in [6.07, 6.45) is 4.28. The van der Waals surface area contributed by atoms with Crippen LogP contribution in [0, 0.1) is 11.8 Å². The van der Waals surface area contributed by atoms with E-state index >= 15 is 0 Å². The van der Waals surface area contributed by atoms with Gasteiger partial charge in [0.15, 0.2) is 5.96 Å². The summed E-state index contributed by atoms with van der Waals surface area (Å²) in [5.74, 6) is -4.94. The molecule has 1 heterocycles. The molecule has 1 aromatic rings. The van der Waals surface area contributed by atoms with Gasteiger partial charge in [0.05, 0.1) is 18.9 Å². The quantitative estimate of drug-likeness (QED) is 0.0191. The van der Waals surface area contributed by atoms with E-state index in [2.05, 4.69) is 52.2 Å². The predicted molar refractivity (Wildman–Crippen MR) is 205 cm³/mol. The van der Waals surface area contributed by atoms with Crippen molar-refractivity contribution in [1.82, 2.24) is 47.2 Å². The molecule has 21 heteroatoms. The highest BCUT2D eigenvalue weighted by Crippen LogP contribution is 2.09. The molecule has 314 valence electrons. The number of amides is 7. The second kappa shape index (κ2) is 25.5. The van der Waals surface area contributed by atoms with E-state index in [1.54, 1.807) is 0 Å². The van der Waals surface area contributed by atoms with Gasteiger partial charge in [-0.25, -0.2) is 4.98 Å². The highest BCUT2D eigenvalue weighted by molar-refractivity contribution is 5.96. The predicted octanol–water partition coefficient (Wildman–Crippen LogP) is -3.26. The van der Waals surface area contributed by atoms with Crippen LogP contribution in [0.2, 0.25) is 0 Å². The number of rotatable bonds is 26. The van der Waals surface area contributed by atoms with Gasteiger partial charge in [-0.15, -0.1) is 0 Å². The molecule has 0 unspecified atom stereocenters. The number of aliphatic hydroxyl groups excluding tert-OH is 1. The zero-order valence-electron chi connectivity index (χ0n) is 33.0. The molecule has 21 nitrogen and oxygen atoms in total. The minimum atomic E-state index is -1.23. The smallest absolute Gasteiger partial charge is 0.243 e. The standard InChI is InChI=1S/C35H60N12O9/c1-19(2)12-26(46-34(56)28(14-24-15-38-18-41-24)47-32(54)25(9-11-48)43-22(6)50)31(53)40-16-29(51)45-27(13-20(3)4)33(55)42-21(5)30(52)44-23(17-49)8-7-10-39-35(36)37/h15,17-21,23,25-28,48H,7-14,16H2,1-6H3,(H,38,41)(H,40,53)(H,42,55)(H,43,50)(H,44,52)(H,45,51)(H,46,56)(H,47,54)(H4,36,37,39)/t21-,23-,25-,26-,27-,28-/m0/s1. The molecule has 1 aromatic heterocycles. The number of guanidine groups is 1. The molecule has 56 heavy (non-hydrogen) atoms. The fourth-order valence-corrected chi connectivity index (χ4v) is 5.34. The largest absolute Gasteiger partial charge is 0.396 e. The van der Waals surface area contributed by atoms with E-state index in [-0.39, 0.29) is 56.4 Å². The normalized spacial score (nSPS) is 14.2. The topological polar surface area (TPSA) is 334 Å². The molecule has 0 fully saturated rings. The lowest BCUT2D eigenvalue weighted by Crippen LogP contribution is -2.58. The zero-order valence-corrected chi connectivity index (χ0v) is 33.0. The average molecular weight is 793 g/mol. The number of H-pyrrole nitrogens is 1. The van der Waals surface area contributed by atoms with E-state index < -0.39 is 90.8 Å². The Morgan fingerprint density at radius 2 is 1.38 bits per heavy atom. The first kappa shape index (κ1) is 48.4. The van der Waals surface area contributed by atoms with Crippen LogP contribution in [0.15, 0.2) is 17.5 Å². The Bertz CT molecular complexity index is 1480. The zero-order chi connectivity index (χ0) is 42.4. The van der Waals surface area contributed by atoms with Crippen molar-refractivity contribution in [2.45, 2.75) is 116 Å². The summed E-state index contributed by atoms with van der Waals surface area (Å²) >= 11 is 0. The molecule has 0 aliphatic carbocycles. The number of carbonyl (C=O) groups is 8. The first-order chi connectivity index (χ1) is 26.4. The van der Waals surface area contributed by atoms with Gasteiger partial charge in [0.2, 0.25) is 41.4 Å². The SMILES string of the molecule is CC(=O)N[C@@H](CCO)C(=O)N[C@@H](Cc1cnc[nH]1)C(=O)N[C@@H](CC(C)C)C(=O)NCC(=O)N[C@@H](CC(C)C)C(=O)N[C@@H](C)C(=O)N[C@H](C=O)CCCN=C(N)N. The first-order valence-electron chi connectivity index (χ1n) is 18.5. The monoisotopic (exact) mass is 792 g/mol. The summed E-state index contributed by atoms with van der Waals surface area (Å²) in [6, 6.07) is -6.49. The molecule has 0 radical (unpaired) electrons. The summed E-state index contributed by atoms with van der Waals surface area (Å²) in [6.45, 7) is 9.22. The fourth-order valence-electron chi connectivity index (χ4n) is 5.34. The molecule has 0 bridgehead atoms. The molecule has 1 rings (SSSR count). The Kier molecular flexibility index (Phi) is 22.0. The number of carbonyl (C=O) groups excluding carboxylic acids is 8. The van der Waals surface area contributed by atoms with E-state index in [1.807, 2.05) is 27.7 Å². The van der Waals surface area contributed by atoms with Gasteiger partial charge in [-0.05, 0) is 50.9 Å². The number of aromatic nitrogens is 2. The molecule has 6 atom stereocenters. The van der Waals surface area contributed by atoms with E-state index in [0.717, 1.165) is 0 Å². The summed E-state index contributed by atoms with van der Waals surface area (Å²) in [7, 11) is 0. The van der Waals surface area contributed by atoms with E-state index in [1.165, 1.54) is 26.4 Å². The fraction of sp³-hybridized carbons (Fsp3) is 0.657. The number of aliphatic hydroxyl groups is 1. The maximum absolute atomic E-state index is 13.6. The first-order valence-corrected chi connectivity index (χ1v) is 18.5. The maximum atomic E-state index is 13.6. The van der Waals surface area contributed by atoms with Crippen molar-refractivity contribution >= 4 is 53.6 Å². The van der Waals surface area contributed by atoms with Gasteiger partial charge >= 0.3 is 0 Å². The second-order valence-corrected chi connectivity index (χ2v) is 14.2. The number of nitrogens with two attached hydrogens (primary N) is 2. The number of imidazole rings is 1. The van der Waals surface area contributed by atoms with E-state index in [0.29, 0.717) is 18.4 Å². The van der Waals surface area contributed by atoms with Crippen LogP contribution in [0.25, 0.3) is 0 Å². The highest BCUT2D eigenvalue weighted by Gasteiger charge is 2.31. The van der Waals surface area contributed by atoms with Crippen LogP contribution < -0.4 is 48.7 Å². The van der Waals surface area contributed by atoms with Crippen molar-refractivity contribution < 1.29 is 43.5 Å². The number of aldehydes is 1. The van der Waals surface area contributed by atoms with E-state index in [4.69, 9.17) is 11.5 Å². The Hall–Kier alpha value is -5.60. The van der Waals surface area contributed by atoms with Crippen LogP contribution in [-0.4, -0.2) is 125 Å². The second-order valence-electron chi connectivity index (χ2n) is 14.2. The van der Waals surface area contributed by atoms with Crippen LogP contribution in [-0.2, 0) is 44.8 Å². The minimum absolute atomic E-state index is 0.0557. The van der Waals surface area contributed by atoms with Crippen molar-refractivity contribution in [3.63, 3.8) is 0 Å². The highest BCUT2D eigenvalue weighted by atomic mass is 16.3. The third kappa shape index (κ3) is 19.6. The molecule has 0 aliphatic rings. The lowest BCUT2D eigenvalue weighted by atomic mass is 10.0. The molecule has 0 aliphatic heterocycles. The third-order valence-corrected chi connectivity index (χ3v) is 8.06. The van der Waals surface area contributed by atoms with Gasteiger partial charge in [0.1, 0.15) is 36.5 Å². The lowest BCUT2D eigenvalue weighted by molar-refractivity contribution is -0.134. The van der Waals surface area contributed by atoms with Gasteiger partial charge in [0.25, 0.3) is 0 Å². The van der Waals surface area contributed by atoms with Crippen molar-refractivity contribution in [3.8, 4) is 0 Å². The average Bonchev–Trinajstić information content (AvgIpc) is 3.63. The Morgan fingerprint density at radius 3 is 1.91 bits per heavy atom. The van der Waals surface area contributed by atoms with Gasteiger partial charge in [0, 0.05) is 38.4 Å². The van der Waals surface area contributed by atoms with Crippen LogP contribution in [0.1, 0.15) is 79.3 Å². The number of nitrogens with zero attached hydrogens (tertiary/aromatic N) is 2. The van der Waals surface area contributed by atoms with Gasteiger partial charge in [-0.3, -0.25) is 38.6 Å². The molecule has 13 N–H and O–H groups in total. The molecule has 0 aromatic carbocycles. The van der Waals surface area contributed by atoms with Crippen molar-refractivity contribution in [2.75, 3.05) is 19.7 Å². The maximum Gasteiger partial charge on any atom is 0.243 e. The Morgan fingerprint density at radius 1 is 0.786 bits per heavy atom. The number of hydrogen-bond acceptors (Lipinski definition) is 11. The van der Waals surface area contributed by atoms with Crippen molar-refractivity contribution in [2.24, 2.45) is 28.3 Å². The van der Waals surface area contributed by atoms with Gasteiger partial charge in [-0.1, -0.05) is 27.7 Å². The molecular weight excluding hydrogens is 732 g/mol. The summed E-state index contributed by atoms with van der Waals surface area (Å²) < 4.78 is 0. The molecule has 0 saturated heterocycles. The van der Waals surface area contributed by atoms with Crippen LogP contribution in [0.4, 0.5) is 0 Å². The number of aromatic amines is 1. The third-order valence-electron chi connectivity index (χ3n) is 8.06. The van der Waals surface area contributed by atoms with Crippen molar-refractivity contribution in [3.05, 3.63) is 18.2 Å². The number of hydrogen-bond donors (Lipinski definition) is 11. The molecule has 0 spiro atoms. The lowest BCUT2D eigenvalue weighted by Gasteiger charge is -2.26. The number of aliphatic imine (C=N–C) groups is 1. The molecular formula is C35H60N12O9. The number of nitrogens with one attached hydrogen (secondary N) is 8. The van der Waals surface area contributed by atoms with Gasteiger partial charge in [-0.2, -0.15) is 0 Å². The van der Waals surface area contributed by atoms with Crippen LogP contribution >= 0.6 is 0 Å². The van der Waals surface area contributed by atoms with Gasteiger partial charge < -0.3 is 63.6 Å². The summed E-state index contributed by atoms with van der Waals surface area (Å²) in [5, 5.41) is 27.2. The van der Waals surface area contributed by atoms with Crippen molar-refractivity contribution in [1.29, 1.82) is 0 Å². The molecule has 7 amide bonds. The summed E-state index contributed by atoms with van der Waals surface area (Å²) in [5.41, 5.74) is 11.1. The Balaban J connectivity index is 2.97. The summed E-state index contributed by atoms with van der Waals surface area (Å²) in [4.78, 5) is 113. The molecule has 0 saturated carbocycles. The van der Waals surface area contributed by atoms with E-state index in [9.17, 15) is 43.5 Å². The minimum Gasteiger partial charge on any atom is -0.396 e. The van der Waals surface area contributed by atoms with Crippen LogP contribution in [0.5, 0.6) is 0 Å². The Labute approximate surface area is 326 Å².